The monoisotopic (exact) mass is 307 g/mol. The van der Waals surface area contributed by atoms with Gasteiger partial charge in [0, 0.05) is 10.0 Å². The first kappa shape index (κ1) is 13.2. The average Bonchev–Trinajstić information content (AvgIpc) is 2.34. The van der Waals surface area contributed by atoms with Crippen molar-refractivity contribution in [2.45, 2.75) is 13.0 Å². The Morgan fingerprint density at radius 2 is 1.83 bits per heavy atom. The maximum Gasteiger partial charge on any atom is 0.129 e. The molecule has 94 valence electrons. The van der Waals surface area contributed by atoms with E-state index in [0.717, 1.165) is 15.6 Å². The molecule has 1 nitrogen and oxygen atoms in total. The summed E-state index contributed by atoms with van der Waals surface area (Å²) in [5, 5.41) is 3.18. The molecule has 0 aliphatic carbocycles. The van der Waals surface area contributed by atoms with Crippen LogP contribution in [0.25, 0.3) is 0 Å². The van der Waals surface area contributed by atoms with Gasteiger partial charge in [-0.05, 0) is 37.2 Å². The highest BCUT2D eigenvalue weighted by molar-refractivity contribution is 9.10. The lowest BCUT2D eigenvalue weighted by Gasteiger charge is -2.20. The quantitative estimate of drug-likeness (QED) is 0.896. The van der Waals surface area contributed by atoms with E-state index < -0.39 is 0 Å². The van der Waals surface area contributed by atoms with Crippen LogP contribution in [0.4, 0.5) is 4.39 Å². The maximum absolute atomic E-state index is 14.0. The normalized spacial score (nSPS) is 12.4. The van der Waals surface area contributed by atoms with Crippen LogP contribution in [-0.2, 0) is 0 Å². The molecule has 0 aliphatic rings. The number of nitrogens with one attached hydrogen (secondary N) is 1. The Balaban J connectivity index is 2.49. The second kappa shape index (κ2) is 5.63. The van der Waals surface area contributed by atoms with Gasteiger partial charge in [-0.1, -0.05) is 46.3 Å². The molecular weight excluding hydrogens is 293 g/mol. The Labute approximate surface area is 115 Å². The van der Waals surface area contributed by atoms with Crippen LogP contribution in [0, 0.1) is 12.7 Å². The molecular formula is C15H15BrFN. The zero-order valence-electron chi connectivity index (χ0n) is 10.4. The van der Waals surface area contributed by atoms with E-state index in [-0.39, 0.29) is 11.9 Å². The summed E-state index contributed by atoms with van der Waals surface area (Å²) in [6, 6.07) is 13.1. The lowest BCUT2D eigenvalue weighted by Crippen LogP contribution is -2.19. The smallest absolute Gasteiger partial charge is 0.129 e. The lowest BCUT2D eigenvalue weighted by molar-refractivity contribution is 0.574. The highest BCUT2D eigenvalue weighted by Gasteiger charge is 2.17. The molecule has 0 heterocycles. The van der Waals surface area contributed by atoms with Gasteiger partial charge >= 0.3 is 0 Å². The van der Waals surface area contributed by atoms with Gasteiger partial charge in [-0.25, -0.2) is 4.39 Å². The van der Waals surface area contributed by atoms with E-state index in [4.69, 9.17) is 0 Å². The van der Waals surface area contributed by atoms with Gasteiger partial charge in [-0.15, -0.1) is 0 Å². The van der Waals surface area contributed by atoms with E-state index in [1.165, 1.54) is 6.07 Å². The lowest BCUT2D eigenvalue weighted by atomic mass is 9.95. The minimum absolute atomic E-state index is 0.126. The van der Waals surface area contributed by atoms with Crippen LogP contribution < -0.4 is 5.32 Å². The summed E-state index contributed by atoms with van der Waals surface area (Å²) in [7, 11) is 1.85. The average molecular weight is 308 g/mol. The molecule has 0 aliphatic heterocycles. The minimum Gasteiger partial charge on any atom is -0.309 e. The molecule has 0 spiro atoms. The number of hydrogen-bond acceptors (Lipinski definition) is 1. The molecule has 0 fully saturated rings. The predicted molar refractivity (Wildman–Crippen MR) is 76.2 cm³/mol. The molecule has 1 atom stereocenters. The Hall–Kier alpha value is -1.19. The van der Waals surface area contributed by atoms with Crippen molar-refractivity contribution in [3.05, 3.63) is 69.4 Å². The highest BCUT2D eigenvalue weighted by Crippen LogP contribution is 2.28. The van der Waals surface area contributed by atoms with E-state index >= 15 is 0 Å². The molecule has 0 aromatic heterocycles. The molecule has 0 radical (unpaired) electrons. The van der Waals surface area contributed by atoms with Gasteiger partial charge in [0.05, 0.1) is 6.04 Å². The van der Waals surface area contributed by atoms with Crippen LogP contribution in [-0.4, -0.2) is 7.05 Å². The van der Waals surface area contributed by atoms with Gasteiger partial charge in [0.1, 0.15) is 5.82 Å². The fraction of sp³-hybridized carbons (Fsp3) is 0.200. The first-order chi connectivity index (χ1) is 8.63. The van der Waals surface area contributed by atoms with Crippen molar-refractivity contribution >= 4 is 15.9 Å². The van der Waals surface area contributed by atoms with Gasteiger partial charge in [0.2, 0.25) is 0 Å². The second-order valence-electron chi connectivity index (χ2n) is 4.24. The van der Waals surface area contributed by atoms with Crippen LogP contribution in [0.5, 0.6) is 0 Å². The van der Waals surface area contributed by atoms with Crippen molar-refractivity contribution in [1.82, 2.24) is 5.32 Å². The molecule has 2 rings (SSSR count). The molecule has 2 aromatic carbocycles. The number of hydrogen-bond donors (Lipinski definition) is 1. The molecule has 1 unspecified atom stereocenters. The predicted octanol–water partition coefficient (Wildman–Crippen LogP) is 4.21. The van der Waals surface area contributed by atoms with E-state index in [0.29, 0.717) is 5.56 Å². The Kier molecular flexibility index (Phi) is 4.15. The van der Waals surface area contributed by atoms with Gasteiger partial charge in [0.15, 0.2) is 0 Å². The molecule has 2 aromatic rings. The summed E-state index contributed by atoms with van der Waals surface area (Å²) in [6.07, 6.45) is 0. The van der Waals surface area contributed by atoms with Crippen molar-refractivity contribution in [2.75, 3.05) is 7.05 Å². The van der Waals surface area contributed by atoms with Crippen molar-refractivity contribution in [3.8, 4) is 0 Å². The van der Waals surface area contributed by atoms with E-state index in [2.05, 4.69) is 21.2 Å². The van der Waals surface area contributed by atoms with Crippen LogP contribution in [0.15, 0.2) is 46.9 Å². The van der Waals surface area contributed by atoms with E-state index in [1.54, 1.807) is 0 Å². The van der Waals surface area contributed by atoms with Gasteiger partial charge in [-0.2, -0.15) is 0 Å². The zero-order chi connectivity index (χ0) is 13.1. The third-order valence-corrected chi connectivity index (χ3v) is 3.55. The van der Waals surface area contributed by atoms with Crippen molar-refractivity contribution in [2.24, 2.45) is 0 Å². The van der Waals surface area contributed by atoms with Crippen LogP contribution in [0.1, 0.15) is 22.7 Å². The standard InChI is InChI=1S/C15H15BrFN/c1-10-5-3-4-6-12(10)15(18-2)13-8-7-11(16)9-14(13)17/h3-9,15,18H,1-2H3. The summed E-state index contributed by atoms with van der Waals surface area (Å²) in [5.41, 5.74) is 2.91. The Morgan fingerprint density at radius 3 is 2.44 bits per heavy atom. The van der Waals surface area contributed by atoms with Gasteiger partial charge < -0.3 is 5.32 Å². The first-order valence-corrected chi connectivity index (χ1v) is 6.60. The molecule has 0 bridgehead atoms. The van der Waals surface area contributed by atoms with Gasteiger partial charge in [0.25, 0.3) is 0 Å². The van der Waals surface area contributed by atoms with E-state index in [9.17, 15) is 4.39 Å². The summed E-state index contributed by atoms with van der Waals surface area (Å²) in [4.78, 5) is 0. The van der Waals surface area contributed by atoms with Crippen LogP contribution in [0.2, 0.25) is 0 Å². The maximum atomic E-state index is 14.0. The molecule has 0 saturated heterocycles. The summed E-state index contributed by atoms with van der Waals surface area (Å²) < 4.78 is 14.8. The zero-order valence-corrected chi connectivity index (χ0v) is 12.0. The fourth-order valence-corrected chi connectivity index (χ4v) is 2.46. The third kappa shape index (κ3) is 2.62. The SMILES string of the molecule is CNC(c1ccccc1C)c1ccc(Br)cc1F. The van der Waals surface area contributed by atoms with Crippen molar-refractivity contribution < 1.29 is 4.39 Å². The largest absolute Gasteiger partial charge is 0.309 e. The number of rotatable bonds is 3. The number of benzene rings is 2. The first-order valence-electron chi connectivity index (χ1n) is 5.81. The third-order valence-electron chi connectivity index (χ3n) is 3.06. The van der Waals surface area contributed by atoms with Crippen molar-refractivity contribution in [3.63, 3.8) is 0 Å². The number of aryl methyl sites for hydroxylation is 1. The summed E-state index contributed by atoms with van der Waals surface area (Å²) >= 11 is 3.28. The van der Waals surface area contributed by atoms with Crippen molar-refractivity contribution in [1.29, 1.82) is 0 Å². The number of halogens is 2. The highest BCUT2D eigenvalue weighted by atomic mass is 79.9. The molecule has 18 heavy (non-hydrogen) atoms. The summed E-state index contributed by atoms with van der Waals surface area (Å²) in [5.74, 6) is -0.202. The summed E-state index contributed by atoms with van der Waals surface area (Å²) in [6.45, 7) is 2.04. The van der Waals surface area contributed by atoms with Crippen LogP contribution in [0.3, 0.4) is 0 Å². The van der Waals surface area contributed by atoms with Crippen LogP contribution >= 0.6 is 15.9 Å². The van der Waals surface area contributed by atoms with Gasteiger partial charge in [-0.3, -0.25) is 0 Å². The molecule has 0 amide bonds. The van der Waals surface area contributed by atoms with E-state index in [1.807, 2.05) is 50.4 Å². The fourth-order valence-electron chi connectivity index (χ4n) is 2.12. The Bertz CT molecular complexity index is 554. The topological polar surface area (TPSA) is 12.0 Å². The second-order valence-corrected chi connectivity index (χ2v) is 5.16. The molecule has 0 saturated carbocycles. The molecule has 3 heteroatoms. The Morgan fingerprint density at radius 1 is 1.11 bits per heavy atom. The minimum atomic E-state index is -0.202. The molecule has 1 N–H and O–H groups in total.